The van der Waals surface area contributed by atoms with Gasteiger partial charge in [0, 0.05) is 11.8 Å². The minimum atomic E-state index is 0.554. The first-order valence-corrected chi connectivity index (χ1v) is 6.45. The number of hydrogen-bond donors (Lipinski definition) is 2. The van der Waals surface area contributed by atoms with E-state index in [9.17, 15) is 0 Å². The third-order valence-electron chi connectivity index (χ3n) is 3.47. The summed E-state index contributed by atoms with van der Waals surface area (Å²) in [5.41, 5.74) is 10.4. The highest BCUT2D eigenvalue weighted by Crippen LogP contribution is 2.28. The van der Waals surface area contributed by atoms with Crippen LogP contribution in [0.4, 0.5) is 17.2 Å². The van der Waals surface area contributed by atoms with Gasteiger partial charge in [0.05, 0.1) is 12.8 Å². The van der Waals surface area contributed by atoms with Gasteiger partial charge in [0.2, 0.25) is 5.88 Å². The predicted molar refractivity (Wildman–Crippen MR) is 77.0 cm³/mol. The van der Waals surface area contributed by atoms with E-state index in [1.165, 1.54) is 24.0 Å². The van der Waals surface area contributed by atoms with Gasteiger partial charge in [0.1, 0.15) is 0 Å². The van der Waals surface area contributed by atoms with Crippen LogP contribution in [0.15, 0.2) is 30.3 Å². The van der Waals surface area contributed by atoms with Crippen LogP contribution in [-0.2, 0) is 12.8 Å². The van der Waals surface area contributed by atoms with Gasteiger partial charge in [-0.1, -0.05) is 6.07 Å². The molecule has 1 aromatic heterocycles. The summed E-state index contributed by atoms with van der Waals surface area (Å²) in [6.45, 7) is 0. The molecular formula is C15H17N3O. The Hall–Kier alpha value is -2.23. The number of anilines is 3. The molecule has 0 amide bonds. The Kier molecular flexibility index (Phi) is 2.99. The van der Waals surface area contributed by atoms with E-state index < -0.39 is 0 Å². The van der Waals surface area contributed by atoms with Crippen LogP contribution in [0.5, 0.6) is 5.88 Å². The molecule has 0 fully saturated rings. The maximum Gasteiger partial charge on any atom is 0.215 e. The van der Waals surface area contributed by atoms with Crippen molar-refractivity contribution in [1.82, 2.24) is 4.98 Å². The van der Waals surface area contributed by atoms with Crippen molar-refractivity contribution in [2.75, 3.05) is 18.2 Å². The minimum Gasteiger partial charge on any atom is -0.481 e. The number of nitrogens with zero attached hydrogens (tertiary/aromatic N) is 1. The third kappa shape index (κ3) is 2.34. The number of aryl methyl sites for hydroxylation is 2. The summed E-state index contributed by atoms with van der Waals surface area (Å²) in [5, 5.41) is 3.26. The average Bonchev–Trinajstić information content (AvgIpc) is 2.89. The van der Waals surface area contributed by atoms with Crippen LogP contribution in [0, 0.1) is 0 Å². The first-order valence-electron chi connectivity index (χ1n) is 6.45. The van der Waals surface area contributed by atoms with Gasteiger partial charge in [0.15, 0.2) is 5.82 Å². The Balaban J connectivity index is 1.88. The summed E-state index contributed by atoms with van der Waals surface area (Å²) in [6.07, 6.45) is 3.60. The van der Waals surface area contributed by atoms with Crippen LogP contribution in [0.1, 0.15) is 17.5 Å². The van der Waals surface area contributed by atoms with Gasteiger partial charge in [0.25, 0.3) is 0 Å². The molecule has 2 aromatic rings. The van der Waals surface area contributed by atoms with Crippen molar-refractivity contribution in [3.05, 3.63) is 41.5 Å². The lowest BCUT2D eigenvalue weighted by molar-refractivity contribution is 0.398. The fraction of sp³-hybridized carbons (Fsp3) is 0.267. The molecule has 0 atom stereocenters. The number of benzene rings is 1. The van der Waals surface area contributed by atoms with Gasteiger partial charge in [-0.25, -0.2) is 0 Å². The maximum atomic E-state index is 5.92. The number of nitrogen functional groups attached to an aromatic ring is 1. The first kappa shape index (κ1) is 11.8. The van der Waals surface area contributed by atoms with Crippen LogP contribution in [0.2, 0.25) is 0 Å². The average molecular weight is 255 g/mol. The smallest absolute Gasteiger partial charge is 0.215 e. The van der Waals surface area contributed by atoms with Crippen LogP contribution in [0.3, 0.4) is 0 Å². The van der Waals surface area contributed by atoms with Crippen LogP contribution in [-0.4, -0.2) is 12.1 Å². The maximum absolute atomic E-state index is 5.92. The van der Waals surface area contributed by atoms with Crippen molar-refractivity contribution < 1.29 is 4.74 Å². The lowest BCUT2D eigenvalue weighted by Crippen LogP contribution is -2.01. The molecule has 98 valence electrons. The largest absolute Gasteiger partial charge is 0.481 e. The second kappa shape index (κ2) is 4.80. The highest BCUT2D eigenvalue weighted by atomic mass is 16.5. The molecule has 0 radical (unpaired) electrons. The first-order chi connectivity index (χ1) is 9.26. The van der Waals surface area contributed by atoms with Crippen molar-refractivity contribution in [3.63, 3.8) is 0 Å². The van der Waals surface area contributed by atoms with E-state index in [0.29, 0.717) is 17.4 Å². The Labute approximate surface area is 112 Å². The Morgan fingerprint density at radius 1 is 1.16 bits per heavy atom. The second-order valence-electron chi connectivity index (χ2n) is 4.75. The third-order valence-corrected chi connectivity index (χ3v) is 3.47. The predicted octanol–water partition coefficient (Wildman–Crippen LogP) is 2.90. The minimum absolute atomic E-state index is 0.554. The number of rotatable bonds is 3. The number of fused-ring (bicyclic) bond motifs is 1. The molecule has 1 heterocycles. The number of methoxy groups -OCH3 is 1. The number of hydrogen-bond acceptors (Lipinski definition) is 4. The van der Waals surface area contributed by atoms with E-state index in [1.54, 1.807) is 19.2 Å². The summed E-state index contributed by atoms with van der Waals surface area (Å²) < 4.78 is 5.11. The van der Waals surface area contributed by atoms with Gasteiger partial charge >= 0.3 is 0 Å². The topological polar surface area (TPSA) is 60.2 Å². The zero-order chi connectivity index (χ0) is 13.2. The van der Waals surface area contributed by atoms with E-state index in [0.717, 1.165) is 12.1 Å². The fourth-order valence-electron chi connectivity index (χ4n) is 2.45. The summed E-state index contributed by atoms with van der Waals surface area (Å²) in [4.78, 5) is 4.32. The molecule has 4 heteroatoms. The lowest BCUT2D eigenvalue weighted by atomic mass is 10.1. The molecule has 3 N–H and O–H groups in total. The summed E-state index contributed by atoms with van der Waals surface area (Å²) in [5.74, 6) is 1.19. The molecule has 0 aliphatic heterocycles. The highest BCUT2D eigenvalue weighted by Gasteiger charge is 2.11. The Bertz CT molecular complexity index is 610. The number of aromatic nitrogens is 1. The van der Waals surface area contributed by atoms with E-state index in [-0.39, 0.29) is 0 Å². The van der Waals surface area contributed by atoms with Crippen LogP contribution in [0.25, 0.3) is 0 Å². The monoisotopic (exact) mass is 255 g/mol. The molecule has 0 unspecified atom stereocenters. The summed E-state index contributed by atoms with van der Waals surface area (Å²) >= 11 is 0. The molecule has 4 nitrogen and oxygen atoms in total. The molecule has 19 heavy (non-hydrogen) atoms. The van der Waals surface area contributed by atoms with Crippen LogP contribution < -0.4 is 15.8 Å². The molecular weight excluding hydrogens is 238 g/mol. The number of pyridine rings is 1. The zero-order valence-corrected chi connectivity index (χ0v) is 10.9. The Morgan fingerprint density at radius 2 is 2.00 bits per heavy atom. The van der Waals surface area contributed by atoms with Crippen molar-refractivity contribution in [2.45, 2.75) is 19.3 Å². The molecule has 1 aliphatic carbocycles. The van der Waals surface area contributed by atoms with Crippen molar-refractivity contribution >= 4 is 17.2 Å². The van der Waals surface area contributed by atoms with Crippen molar-refractivity contribution in [3.8, 4) is 5.88 Å². The van der Waals surface area contributed by atoms with E-state index >= 15 is 0 Å². The highest BCUT2D eigenvalue weighted by molar-refractivity contribution is 5.69. The van der Waals surface area contributed by atoms with Gasteiger partial charge < -0.3 is 15.8 Å². The van der Waals surface area contributed by atoms with Gasteiger partial charge in [-0.3, -0.25) is 0 Å². The molecule has 0 spiro atoms. The second-order valence-corrected chi connectivity index (χ2v) is 4.75. The van der Waals surface area contributed by atoms with Crippen LogP contribution >= 0.6 is 0 Å². The standard InChI is InChI=1S/C15H17N3O/c1-19-14-8-7-13(16)15(18-14)17-12-6-5-10-3-2-4-11(10)9-12/h5-9H,2-4,16H2,1H3,(H,17,18). The quantitative estimate of drug-likeness (QED) is 0.885. The number of nitrogens with one attached hydrogen (secondary N) is 1. The van der Waals surface area contributed by atoms with E-state index in [2.05, 4.69) is 28.5 Å². The van der Waals surface area contributed by atoms with Gasteiger partial charge in [-0.05, 0) is 48.6 Å². The summed E-state index contributed by atoms with van der Waals surface area (Å²) in [6, 6.07) is 9.99. The van der Waals surface area contributed by atoms with E-state index in [1.807, 2.05) is 0 Å². The fourth-order valence-corrected chi connectivity index (χ4v) is 2.45. The zero-order valence-electron chi connectivity index (χ0n) is 10.9. The van der Waals surface area contributed by atoms with Gasteiger partial charge in [-0.15, -0.1) is 0 Å². The number of nitrogens with two attached hydrogens (primary N) is 1. The molecule has 1 aliphatic rings. The Morgan fingerprint density at radius 3 is 2.84 bits per heavy atom. The summed E-state index contributed by atoms with van der Waals surface area (Å²) in [7, 11) is 1.59. The molecule has 0 saturated carbocycles. The van der Waals surface area contributed by atoms with E-state index in [4.69, 9.17) is 10.5 Å². The van der Waals surface area contributed by atoms with Crippen molar-refractivity contribution in [1.29, 1.82) is 0 Å². The molecule has 3 rings (SSSR count). The van der Waals surface area contributed by atoms with Gasteiger partial charge in [-0.2, -0.15) is 4.98 Å². The van der Waals surface area contributed by atoms with Crippen molar-refractivity contribution in [2.24, 2.45) is 0 Å². The molecule has 0 bridgehead atoms. The molecule has 0 saturated heterocycles. The SMILES string of the molecule is COc1ccc(N)c(Nc2ccc3c(c2)CCC3)n1. The molecule has 1 aromatic carbocycles. The normalized spacial score (nSPS) is 13.1. The lowest BCUT2D eigenvalue weighted by Gasteiger charge is -2.11. The number of ether oxygens (including phenoxy) is 1.